The lowest BCUT2D eigenvalue weighted by atomic mass is 10.3. The van der Waals surface area contributed by atoms with Crippen LogP contribution in [0.4, 0.5) is 4.79 Å². The van der Waals surface area contributed by atoms with E-state index in [0.717, 1.165) is 11.1 Å². The van der Waals surface area contributed by atoms with Crippen molar-refractivity contribution < 1.29 is 9.21 Å². The highest BCUT2D eigenvalue weighted by Gasteiger charge is 1.91. The van der Waals surface area contributed by atoms with Crippen LogP contribution in [0.25, 0.3) is 11.1 Å². The molecule has 0 saturated heterocycles. The van der Waals surface area contributed by atoms with Crippen molar-refractivity contribution in [3.8, 4) is 0 Å². The molecule has 13 heavy (non-hydrogen) atoms. The van der Waals surface area contributed by atoms with Gasteiger partial charge in [0.2, 0.25) is 0 Å². The van der Waals surface area contributed by atoms with Crippen LogP contribution in [0, 0.1) is 0 Å². The van der Waals surface area contributed by atoms with Crippen molar-refractivity contribution in [1.82, 2.24) is 4.98 Å². The quantitative estimate of drug-likeness (QED) is 0.627. The first-order valence-corrected chi connectivity index (χ1v) is 3.53. The third-order valence-electron chi connectivity index (χ3n) is 1.24. The first-order chi connectivity index (χ1) is 6.20. The molecule has 0 spiro atoms. The van der Waals surface area contributed by atoms with Crippen LogP contribution in [0.2, 0.25) is 0 Å². The van der Waals surface area contributed by atoms with Crippen LogP contribution in [-0.2, 0) is 0 Å². The van der Waals surface area contributed by atoms with Crippen molar-refractivity contribution in [3.63, 3.8) is 0 Å². The molecule has 0 unspecified atom stereocenters. The molecule has 0 aliphatic rings. The second kappa shape index (κ2) is 4.10. The molecule has 4 N–H and O–H groups in total. The maximum Gasteiger partial charge on any atom is 0.309 e. The van der Waals surface area contributed by atoms with E-state index in [1.54, 1.807) is 0 Å². The van der Waals surface area contributed by atoms with E-state index in [-0.39, 0.29) is 0 Å². The van der Waals surface area contributed by atoms with Crippen LogP contribution in [0.15, 0.2) is 35.1 Å². The topological polar surface area (TPSA) is 95.1 Å². The van der Waals surface area contributed by atoms with Crippen LogP contribution in [0.1, 0.15) is 0 Å². The lowest BCUT2D eigenvalue weighted by Gasteiger charge is -1.79. The molecule has 0 atom stereocenters. The number of hydrogen-bond donors (Lipinski definition) is 2. The Hall–Kier alpha value is -2.04. The molecule has 1 aromatic carbocycles. The van der Waals surface area contributed by atoms with E-state index >= 15 is 0 Å². The zero-order valence-corrected chi connectivity index (χ0v) is 6.81. The number of primary amides is 2. The predicted molar refractivity (Wildman–Crippen MR) is 47.8 cm³/mol. The molecule has 1 heterocycles. The summed E-state index contributed by atoms with van der Waals surface area (Å²) in [4.78, 5) is 13.0. The second-order valence-corrected chi connectivity index (χ2v) is 2.22. The Kier molecular flexibility index (Phi) is 2.86. The zero-order valence-electron chi connectivity index (χ0n) is 6.81. The normalized spacial score (nSPS) is 8.92. The van der Waals surface area contributed by atoms with E-state index in [1.165, 1.54) is 6.39 Å². The van der Waals surface area contributed by atoms with Crippen LogP contribution in [0.5, 0.6) is 0 Å². The first-order valence-electron chi connectivity index (χ1n) is 3.53. The van der Waals surface area contributed by atoms with Crippen molar-refractivity contribution in [2.24, 2.45) is 11.5 Å². The highest BCUT2D eigenvalue weighted by Crippen LogP contribution is 2.09. The fourth-order valence-electron chi connectivity index (χ4n) is 0.803. The maximum absolute atomic E-state index is 9.00. The average molecular weight is 179 g/mol. The molecule has 5 nitrogen and oxygen atoms in total. The van der Waals surface area contributed by atoms with E-state index in [4.69, 9.17) is 9.21 Å². The summed E-state index contributed by atoms with van der Waals surface area (Å²) in [5.74, 6) is 0. The molecule has 5 heteroatoms. The summed E-state index contributed by atoms with van der Waals surface area (Å²) in [6.07, 6.45) is 1.45. The number of hydrogen-bond acceptors (Lipinski definition) is 3. The Morgan fingerprint density at radius 1 is 1.31 bits per heavy atom. The lowest BCUT2D eigenvalue weighted by Crippen LogP contribution is -2.18. The van der Waals surface area contributed by atoms with Gasteiger partial charge in [-0.1, -0.05) is 12.1 Å². The molecule has 2 amide bonds. The van der Waals surface area contributed by atoms with Crippen molar-refractivity contribution >= 4 is 17.1 Å². The molecule has 1 aromatic heterocycles. The fraction of sp³-hybridized carbons (Fsp3) is 0. The lowest BCUT2D eigenvalue weighted by molar-refractivity contribution is 0.256. The molecule has 2 aromatic rings. The molecule has 0 saturated carbocycles. The van der Waals surface area contributed by atoms with Crippen molar-refractivity contribution in [1.29, 1.82) is 0 Å². The van der Waals surface area contributed by atoms with E-state index in [9.17, 15) is 0 Å². The first kappa shape index (κ1) is 9.05. The summed E-state index contributed by atoms with van der Waals surface area (Å²) in [5.41, 5.74) is 10.3. The minimum atomic E-state index is -0.833. The standard InChI is InChI=1S/C7H5NO.CH4N2O/c1-2-4-7-6(3-1)8-5-9-7;2-1(3)4/h1-5H;(H4,2,3,4). The molecule has 0 aliphatic heterocycles. The van der Waals surface area contributed by atoms with Crippen molar-refractivity contribution in [3.05, 3.63) is 30.7 Å². The van der Waals surface area contributed by atoms with Crippen molar-refractivity contribution in [2.45, 2.75) is 0 Å². The molecule has 0 bridgehead atoms. The fourth-order valence-corrected chi connectivity index (χ4v) is 0.803. The van der Waals surface area contributed by atoms with Crippen molar-refractivity contribution in [2.75, 3.05) is 0 Å². The number of nitrogens with two attached hydrogens (primary N) is 2. The van der Waals surface area contributed by atoms with Gasteiger partial charge in [-0.3, -0.25) is 0 Å². The Morgan fingerprint density at radius 2 is 1.92 bits per heavy atom. The van der Waals surface area contributed by atoms with E-state index < -0.39 is 6.03 Å². The van der Waals surface area contributed by atoms with Gasteiger partial charge in [-0.15, -0.1) is 0 Å². The number of urea groups is 1. The number of carbonyl (C=O) groups excluding carboxylic acids is 1. The Bertz CT molecular complexity index is 363. The van der Waals surface area contributed by atoms with Crippen LogP contribution in [0.3, 0.4) is 0 Å². The SMILES string of the molecule is NC(N)=O.c1ccc2ocnc2c1. The van der Waals surface area contributed by atoms with Gasteiger partial charge in [0.15, 0.2) is 12.0 Å². The number of benzene rings is 1. The van der Waals surface area contributed by atoms with Gasteiger partial charge in [0.1, 0.15) is 5.52 Å². The van der Waals surface area contributed by atoms with Crippen LogP contribution < -0.4 is 11.5 Å². The highest BCUT2D eigenvalue weighted by atomic mass is 16.3. The number of oxazole rings is 1. The third-order valence-corrected chi connectivity index (χ3v) is 1.24. The van der Waals surface area contributed by atoms with Gasteiger partial charge in [-0.05, 0) is 12.1 Å². The summed E-state index contributed by atoms with van der Waals surface area (Å²) >= 11 is 0. The minimum Gasteiger partial charge on any atom is -0.443 e. The monoisotopic (exact) mass is 179 g/mol. The summed E-state index contributed by atoms with van der Waals surface area (Å²) < 4.78 is 5.01. The maximum atomic E-state index is 9.00. The van der Waals surface area contributed by atoms with E-state index in [0.29, 0.717) is 0 Å². The predicted octanol–water partition coefficient (Wildman–Crippen LogP) is 0.852. The molecular formula is C8H9N3O2. The molecule has 2 rings (SSSR count). The minimum absolute atomic E-state index is 0.833. The molecule has 0 fully saturated rings. The van der Waals surface area contributed by atoms with Gasteiger partial charge in [-0.25, -0.2) is 9.78 Å². The average Bonchev–Trinajstić information content (AvgIpc) is 2.49. The number of rotatable bonds is 0. The molecule has 68 valence electrons. The van der Waals surface area contributed by atoms with Gasteiger partial charge in [0.25, 0.3) is 0 Å². The Balaban J connectivity index is 0.000000184. The van der Waals surface area contributed by atoms with E-state index in [1.807, 2.05) is 24.3 Å². The number of aromatic nitrogens is 1. The van der Waals surface area contributed by atoms with Gasteiger partial charge in [0.05, 0.1) is 0 Å². The number of fused-ring (bicyclic) bond motifs is 1. The number of amides is 2. The van der Waals surface area contributed by atoms with E-state index in [2.05, 4.69) is 16.5 Å². The zero-order chi connectivity index (χ0) is 9.68. The highest BCUT2D eigenvalue weighted by molar-refractivity contribution is 5.71. The number of nitrogens with zero attached hydrogens (tertiary/aromatic N) is 1. The molecular weight excluding hydrogens is 170 g/mol. The Labute approximate surface area is 74.3 Å². The Morgan fingerprint density at radius 3 is 2.54 bits per heavy atom. The van der Waals surface area contributed by atoms with Gasteiger partial charge in [-0.2, -0.15) is 0 Å². The largest absolute Gasteiger partial charge is 0.443 e. The van der Waals surface area contributed by atoms with Crippen LogP contribution in [-0.4, -0.2) is 11.0 Å². The summed E-state index contributed by atoms with van der Waals surface area (Å²) in [7, 11) is 0. The molecule has 0 aliphatic carbocycles. The second-order valence-electron chi connectivity index (χ2n) is 2.22. The number of para-hydroxylation sites is 2. The third kappa shape index (κ3) is 2.82. The van der Waals surface area contributed by atoms with Gasteiger partial charge in [0, 0.05) is 0 Å². The van der Waals surface area contributed by atoms with Gasteiger partial charge >= 0.3 is 6.03 Å². The smallest absolute Gasteiger partial charge is 0.309 e. The summed E-state index contributed by atoms with van der Waals surface area (Å²) in [5, 5.41) is 0. The van der Waals surface area contributed by atoms with Crippen LogP contribution >= 0.6 is 0 Å². The summed E-state index contributed by atoms with van der Waals surface area (Å²) in [6.45, 7) is 0. The number of carbonyl (C=O) groups is 1. The summed E-state index contributed by atoms with van der Waals surface area (Å²) in [6, 6.07) is 6.83. The van der Waals surface area contributed by atoms with Gasteiger partial charge < -0.3 is 15.9 Å². The molecule has 0 radical (unpaired) electrons.